The lowest BCUT2D eigenvalue weighted by Crippen LogP contribution is -2.38. The normalized spacial score (nSPS) is 19.0. The van der Waals surface area contributed by atoms with E-state index in [4.69, 9.17) is 4.52 Å². The molecule has 21 heavy (non-hydrogen) atoms. The Morgan fingerprint density at radius 3 is 3.14 bits per heavy atom. The molecule has 0 aromatic carbocycles. The van der Waals surface area contributed by atoms with E-state index in [9.17, 15) is 4.79 Å². The van der Waals surface area contributed by atoms with Crippen molar-refractivity contribution >= 4 is 5.91 Å². The third kappa shape index (κ3) is 2.70. The van der Waals surface area contributed by atoms with Crippen LogP contribution in [0.25, 0.3) is 11.3 Å². The number of aryl methyl sites for hydroxylation is 1. The maximum atomic E-state index is 11.9. The van der Waals surface area contributed by atoms with Gasteiger partial charge in [0.15, 0.2) is 5.76 Å². The molecule has 2 aromatic heterocycles. The van der Waals surface area contributed by atoms with Crippen LogP contribution in [-0.2, 0) is 4.79 Å². The SMILES string of the molecule is CCC(=O)N1CCC[C@H](c2[nH]ncc2-c2cc(C)no2)C1. The largest absolute Gasteiger partial charge is 0.356 e. The number of aromatic nitrogens is 3. The lowest BCUT2D eigenvalue weighted by Gasteiger charge is -2.32. The van der Waals surface area contributed by atoms with Crippen LogP contribution >= 0.6 is 0 Å². The summed E-state index contributed by atoms with van der Waals surface area (Å²) in [6.07, 6.45) is 4.40. The first-order chi connectivity index (χ1) is 10.2. The predicted octanol–water partition coefficient (Wildman–Crippen LogP) is 2.49. The second-order valence-corrected chi connectivity index (χ2v) is 5.56. The van der Waals surface area contributed by atoms with E-state index in [0.717, 1.165) is 48.6 Å². The Bertz CT molecular complexity index is 631. The number of rotatable bonds is 3. The number of amides is 1. The molecule has 1 fully saturated rings. The van der Waals surface area contributed by atoms with Crippen molar-refractivity contribution < 1.29 is 9.32 Å². The van der Waals surface area contributed by atoms with E-state index in [-0.39, 0.29) is 11.8 Å². The maximum absolute atomic E-state index is 11.9. The van der Waals surface area contributed by atoms with Gasteiger partial charge in [-0.25, -0.2) is 0 Å². The molecule has 0 unspecified atom stereocenters. The summed E-state index contributed by atoms with van der Waals surface area (Å²) in [5.74, 6) is 1.23. The molecule has 1 aliphatic rings. The highest BCUT2D eigenvalue weighted by Gasteiger charge is 2.27. The summed E-state index contributed by atoms with van der Waals surface area (Å²) >= 11 is 0. The molecule has 112 valence electrons. The van der Waals surface area contributed by atoms with Gasteiger partial charge in [-0.3, -0.25) is 9.89 Å². The highest BCUT2D eigenvalue weighted by atomic mass is 16.5. The average Bonchev–Trinajstić information content (AvgIpc) is 3.15. The zero-order valence-electron chi connectivity index (χ0n) is 12.4. The number of nitrogens with one attached hydrogen (secondary N) is 1. The minimum Gasteiger partial charge on any atom is -0.356 e. The van der Waals surface area contributed by atoms with Gasteiger partial charge in [-0.1, -0.05) is 12.1 Å². The quantitative estimate of drug-likeness (QED) is 0.941. The molecule has 6 heteroatoms. The highest BCUT2D eigenvalue weighted by molar-refractivity contribution is 5.76. The molecule has 0 spiro atoms. The number of carbonyl (C=O) groups is 1. The number of nitrogens with zero attached hydrogens (tertiary/aromatic N) is 3. The lowest BCUT2D eigenvalue weighted by molar-refractivity contribution is -0.132. The van der Waals surface area contributed by atoms with E-state index in [1.165, 1.54) is 0 Å². The summed E-state index contributed by atoms with van der Waals surface area (Å²) in [6.45, 7) is 5.41. The third-order valence-electron chi connectivity index (χ3n) is 4.05. The molecule has 1 saturated heterocycles. The smallest absolute Gasteiger partial charge is 0.222 e. The van der Waals surface area contributed by atoms with Crippen LogP contribution in [0.2, 0.25) is 0 Å². The standard InChI is InChI=1S/C15H20N4O2/c1-3-14(20)19-6-4-5-11(9-19)15-12(8-16-17-15)13-7-10(2)18-21-13/h7-8,11H,3-6,9H2,1-2H3,(H,16,17)/t11-/m0/s1. The second kappa shape index (κ2) is 5.71. The van der Waals surface area contributed by atoms with Crippen LogP contribution in [0.5, 0.6) is 0 Å². The zero-order chi connectivity index (χ0) is 14.8. The molecule has 1 amide bonds. The fourth-order valence-corrected chi connectivity index (χ4v) is 2.96. The molecular weight excluding hydrogens is 268 g/mol. The average molecular weight is 288 g/mol. The topological polar surface area (TPSA) is 75.0 Å². The van der Waals surface area contributed by atoms with Crippen LogP contribution in [0.15, 0.2) is 16.8 Å². The maximum Gasteiger partial charge on any atom is 0.222 e. The van der Waals surface area contributed by atoms with E-state index in [1.807, 2.05) is 24.8 Å². The number of likely N-dealkylation sites (tertiary alicyclic amines) is 1. The molecule has 1 aliphatic heterocycles. The van der Waals surface area contributed by atoms with Gasteiger partial charge in [0.25, 0.3) is 0 Å². The summed E-state index contributed by atoms with van der Waals surface area (Å²) in [6, 6.07) is 1.91. The molecule has 0 bridgehead atoms. The van der Waals surface area contributed by atoms with Gasteiger partial charge in [-0.15, -0.1) is 0 Å². The van der Waals surface area contributed by atoms with E-state index < -0.39 is 0 Å². The number of carbonyl (C=O) groups excluding carboxylic acids is 1. The van der Waals surface area contributed by atoms with Gasteiger partial charge in [0, 0.05) is 31.5 Å². The Labute approximate surface area is 123 Å². The van der Waals surface area contributed by atoms with Gasteiger partial charge in [0.1, 0.15) is 0 Å². The predicted molar refractivity (Wildman–Crippen MR) is 77.7 cm³/mol. The van der Waals surface area contributed by atoms with Gasteiger partial charge in [-0.2, -0.15) is 5.10 Å². The molecule has 3 heterocycles. The van der Waals surface area contributed by atoms with Crippen molar-refractivity contribution in [3.8, 4) is 11.3 Å². The molecule has 0 saturated carbocycles. The van der Waals surface area contributed by atoms with Gasteiger partial charge in [-0.05, 0) is 19.8 Å². The molecule has 3 rings (SSSR count). The number of aromatic amines is 1. The van der Waals surface area contributed by atoms with Crippen LogP contribution in [-0.4, -0.2) is 39.3 Å². The molecular formula is C15H20N4O2. The van der Waals surface area contributed by atoms with Crippen molar-refractivity contribution in [3.63, 3.8) is 0 Å². The second-order valence-electron chi connectivity index (χ2n) is 5.56. The molecule has 1 N–H and O–H groups in total. The molecule has 0 aliphatic carbocycles. The molecule has 0 radical (unpaired) electrons. The number of H-pyrrole nitrogens is 1. The Balaban J connectivity index is 1.84. The van der Waals surface area contributed by atoms with Gasteiger partial charge in [0.05, 0.1) is 23.1 Å². The number of hydrogen-bond donors (Lipinski definition) is 1. The van der Waals surface area contributed by atoms with E-state index in [2.05, 4.69) is 15.4 Å². The van der Waals surface area contributed by atoms with Crippen molar-refractivity contribution in [1.82, 2.24) is 20.3 Å². The van der Waals surface area contributed by atoms with Crippen molar-refractivity contribution in [2.45, 2.75) is 39.0 Å². The van der Waals surface area contributed by atoms with Crippen molar-refractivity contribution in [2.24, 2.45) is 0 Å². The summed E-state index contributed by atoms with van der Waals surface area (Å²) in [5, 5.41) is 11.2. The Morgan fingerprint density at radius 1 is 1.57 bits per heavy atom. The van der Waals surface area contributed by atoms with Crippen LogP contribution in [0, 0.1) is 6.92 Å². The van der Waals surface area contributed by atoms with Gasteiger partial charge < -0.3 is 9.42 Å². The van der Waals surface area contributed by atoms with Crippen LogP contribution in [0.4, 0.5) is 0 Å². The first-order valence-corrected chi connectivity index (χ1v) is 7.43. The monoisotopic (exact) mass is 288 g/mol. The minimum atomic E-state index is 0.219. The van der Waals surface area contributed by atoms with Gasteiger partial charge >= 0.3 is 0 Å². The summed E-state index contributed by atoms with van der Waals surface area (Å²) in [7, 11) is 0. The molecule has 2 aromatic rings. The fourth-order valence-electron chi connectivity index (χ4n) is 2.96. The Kier molecular flexibility index (Phi) is 3.77. The molecule has 1 atom stereocenters. The van der Waals surface area contributed by atoms with Crippen LogP contribution in [0.1, 0.15) is 43.5 Å². The van der Waals surface area contributed by atoms with E-state index >= 15 is 0 Å². The van der Waals surface area contributed by atoms with E-state index in [0.29, 0.717) is 6.42 Å². The Hall–Kier alpha value is -2.11. The van der Waals surface area contributed by atoms with Crippen molar-refractivity contribution in [3.05, 3.63) is 23.7 Å². The van der Waals surface area contributed by atoms with Gasteiger partial charge in [0.2, 0.25) is 5.91 Å². The van der Waals surface area contributed by atoms with E-state index in [1.54, 1.807) is 6.20 Å². The first kappa shape index (κ1) is 13.9. The summed E-state index contributed by atoms with van der Waals surface area (Å²) in [4.78, 5) is 13.9. The Morgan fingerprint density at radius 2 is 2.43 bits per heavy atom. The molecule has 6 nitrogen and oxygen atoms in total. The lowest BCUT2D eigenvalue weighted by atomic mass is 9.92. The third-order valence-corrected chi connectivity index (χ3v) is 4.05. The summed E-state index contributed by atoms with van der Waals surface area (Å²) in [5.41, 5.74) is 2.84. The fraction of sp³-hybridized carbons (Fsp3) is 0.533. The highest BCUT2D eigenvalue weighted by Crippen LogP contribution is 2.33. The van der Waals surface area contributed by atoms with Crippen molar-refractivity contribution in [2.75, 3.05) is 13.1 Å². The minimum absolute atomic E-state index is 0.219. The van der Waals surface area contributed by atoms with Crippen molar-refractivity contribution in [1.29, 1.82) is 0 Å². The first-order valence-electron chi connectivity index (χ1n) is 7.43. The number of hydrogen-bond acceptors (Lipinski definition) is 4. The summed E-state index contributed by atoms with van der Waals surface area (Å²) < 4.78 is 5.35. The van der Waals surface area contributed by atoms with Crippen LogP contribution < -0.4 is 0 Å². The van der Waals surface area contributed by atoms with Crippen LogP contribution in [0.3, 0.4) is 0 Å². The number of piperidine rings is 1. The zero-order valence-corrected chi connectivity index (χ0v) is 12.4.